The van der Waals surface area contributed by atoms with Gasteiger partial charge in [-0.1, -0.05) is 43.3 Å². The Morgan fingerprint density at radius 3 is 2.59 bits per heavy atom. The molecule has 7 heteroatoms. The molecule has 0 aliphatic carbocycles. The number of hydrazone groups is 1. The normalized spacial score (nSPS) is 10.4. The maximum absolute atomic E-state index is 11.9. The highest BCUT2D eigenvalue weighted by atomic mass is 35.5. The van der Waals surface area contributed by atoms with Crippen LogP contribution in [0, 0.1) is 0 Å². The third-order valence-electron chi connectivity index (χ3n) is 3.52. The van der Waals surface area contributed by atoms with Crippen molar-refractivity contribution in [3.05, 3.63) is 71.3 Å². The molecule has 0 aliphatic rings. The number of ether oxygens (including phenoxy) is 1. The van der Waals surface area contributed by atoms with Crippen LogP contribution in [0.5, 0.6) is 5.75 Å². The molecule has 0 fully saturated rings. The summed E-state index contributed by atoms with van der Waals surface area (Å²) in [6.07, 6.45) is 3.85. The van der Waals surface area contributed by atoms with Crippen LogP contribution in [0.25, 0.3) is 0 Å². The number of carbonyl (C=O) groups is 2. The average molecular weight is 386 g/mol. The van der Waals surface area contributed by atoms with Crippen LogP contribution in [0.15, 0.2) is 60.2 Å². The van der Waals surface area contributed by atoms with Crippen LogP contribution in [0.2, 0.25) is 5.02 Å². The lowest BCUT2D eigenvalue weighted by Gasteiger charge is -2.07. The van der Waals surface area contributed by atoms with Crippen LogP contribution in [-0.2, 0) is 16.0 Å². The topological polar surface area (TPSA) is 79.8 Å². The fourth-order valence-electron chi connectivity index (χ4n) is 2.12. The molecular weight excluding hydrogens is 366 g/mol. The highest BCUT2D eigenvalue weighted by Gasteiger charge is 2.13. The van der Waals surface area contributed by atoms with Gasteiger partial charge < -0.3 is 10.1 Å². The first kappa shape index (κ1) is 20.2. The minimum absolute atomic E-state index is 0.314. The Morgan fingerprint density at radius 2 is 1.93 bits per heavy atom. The summed E-state index contributed by atoms with van der Waals surface area (Å²) < 4.78 is 5.48. The SMILES string of the molecule is C=CCOc1ccc(Cl)cc1/C=N\NC(=O)C(=O)Nc1ccc(CC)cc1. The van der Waals surface area contributed by atoms with Gasteiger partial charge in [0, 0.05) is 16.3 Å². The number of nitrogens with one attached hydrogen (secondary N) is 2. The molecule has 0 atom stereocenters. The van der Waals surface area contributed by atoms with Gasteiger partial charge in [-0.15, -0.1) is 0 Å². The Balaban J connectivity index is 1.96. The number of nitrogens with zero attached hydrogens (tertiary/aromatic N) is 1. The van der Waals surface area contributed by atoms with Gasteiger partial charge in [0.15, 0.2) is 0 Å². The van der Waals surface area contributed by atoms with E-state index in [0.29, 0.717) is 28.6 Å². The fraction of sp³-hybridized carbons (Fsp3) is 0.150. The van der Waals surface area contributed by atoms with E-state index in [-0.39, 0.29) is 0 Å². The van der Waals surface area contributed by atoms with Gasteiger partial charge in [-0.25, -0.2) is 5.43 Å². The molecule has 0 bridgehead atoms. The average Bonchev–Trinajstić information content (AvgIpc) is 2.67. The van der Waals surface area contributed by atoms with Crippen molar-refractivity contribution in [3.8, 4) is 5.75 Å². The molecule has 0 radical (unpaired) electrons. The summed E-state index contributed by atoms with van der Waals surface area (Å²) in [5.41, 5.74) is 4.40. The van der Waals surface area contributed by atoms with Crippen LogP contribution >= 0.6 is 11.6 Å². The van der Waals surface area contributed by atoms with Crippen molar-refractivity contribution in [2.24, 2.45) is 5.10 Å². The minimum Gasteiger partial charge on any atom is -0.489 e. The number of halogens is 1. The summed E-state index contributed by atoms with van der Waals surface area (Å²) in [4.78, 5) is 23.8. The van der Waals surface area contributed by atoms with Crippen molar-refractivity contribution < 1.29 is 14.3 Å². The van der Waals surface area contributed by atoms with Crippen molar-refractivity contribution in [1.29, 1.82) is 0 Å². The Morgan fingerprint density at radius 1 is 1.19 bits per heavy atom. The van der Waals surface area contributed by atoms with Crippen molar-refractivity contribution >= 4 is 35.3 Å². The number of benzene rings is 2. The summed E-state index contributed by atoms with van der Waals surface area (Å²) in [5.74, 6) is -1.18. The van der Waals surface area contributed by atoms with Gasteiger partial charge >= 0.3 is 11.8 Å². The van der Waals surface area contributed by atoms with Gasteiger partial charge in [0.2, 0.25) is 0 Å². The van der Waals surface area contributed by atoms with Crippen LogP contribution in [-0.4, -0.2) is 24.6 Å². The van der Waals surface area contributed by atoms with E-state index in [4.69, 9.17) is 16.3 Å². The van der Waals surface area contributed by atoms with E-state index in [1.165, 1.54) is 6.21 Å². The lowest BCUT2D eigenvalue weighted by molar-refractivity contribution is -0.136. The second kappa shape index (κ2) is 10.1. The standard InChI is InChI=1S/C20H20ClN3O3/c1-3-11-27-18-10-7-16(21)12-15(18)13-22-24-20(26)19(25)23-17-8-5-14(4-2)6-9-17/h3,5-10,12-13H,1,4,11H2,2H3,(H,23,25)(H,24,26)/b22-13-. The molecule has 27 heavy (non-hydrogen) atoms. The van der Waals surface area contributed by atoms with Crippen LogP contribution in [0.3, 0.4) is 0 Å². The quantitative estimate of drug-likeness (QED) is 0.331. The van der Waals surface area contributed by atoms with E-state index >= 15 is 0 Å². The Hall–Kier alpha value is -3.12. The van der Waals surface area contributed by atoms with Gasteiger partial charge in [-0.05, 0) is 42.3 Å². The van der Waals surface area contributed by atoms with Gasteiger partial charge in [0.25, 0.3) is 0 Å². The number of aryl methyl sites for hydroxylation is 1. The second-order valence-corrected chi connectivity index (χ2v) is 5.92. The second-order valence-electron chi connectivity index (χ2n) is 5.49. The van der Waals surface area contributed by atoms with Crippen molar-refractivity contribution in [2.45, 2.75) is 13.3 Å². The number of amides is 2. The molecule has 0 heterocycles. The maximum atomic E-state index is 11.9. The third-order valence-corrected chi connectivity index (χ3v) is 3.76. The number of hydrogen-bond donors (Lipinski definition) is 2. The summed E-state index contributed by atoms with van der Waals surface area (Å²) in [7, 11) is 0. The first-order valence-electron chi connectivity index (χ1n) is 8.30. The third kappa shape index (κ3) is 6.27. The molecule has 2 N–H and O–H groups in total. The zero-order valence-electron chi connectivity index (χ0n) is 14.9. The first-order chi connectivity index (χ1) is 13.0. The van der Waals surface area contributed by atoms with Gasteiger partial charge in [-0.3, -0.25) is 9.59 Å². The summed E-state index contributed by atoms with van der Waals surface area (Å²) in [5, 5.41) is 6.79. The molecule has 0 aromatic heterocycles. The highest BCUT2D eigenvalue weighted by Crippen LogP contribution is 2.21. The molecule has 0 saturated heterocycles. The molecule has 6 nitrogen and oxygen atoms in total. The van der Waals surface area contributed by atoms with Crippen molar-refractivity contribution in [2.75, 3.05) is 11.9 Å². The Labute approximate surface area is 162 Å². The van der Waals surface area contributed by atoms with E-state index in [9.17, 15) is 9.59 Å². The Kier molecular flexibility index (Phi) is 7.58. The number of rotatable bonds is 7. The number of hydrogen-bond acceptors (Lipinski definition) is 4. The molecule has 0 aliphatic heterocycles. The van der Waals surface area contributed by atoms with Crippen LogP contribution in [0.4, 0.5) is 5.69 Å². The number of carbonyl (C=O) groups excluding carboxylic acids is 2. The zero-order valence-corrected chi connectivity index (χ0v) is 15.6. The largest absolute Gasteiger partial charge is 0.489 e. The molecule has 2 aromatic rings. The first-order valence-corrected chi connectivity index (χ1v) is 8.68. The lowest BCUT2D eigenvalue weighted by Crippen LogP contribution is -2.32. The fourth-order valence-corrected chi connectivity index (χ4v) is 2.30. The monoisotopic (exact) mass is 385 g/mol. The summed E-state index contributed by atoms with van der Waals surface area (Å²) in [6, 6.07) is 12.2. The predicted octanol–water partition coefficient (Wildman–Crippen LogP) is 3.56. The molecule has 0 spiro atoms. The minimum atomic E-state index is -0.888. The molecular formula is C20H20ClN3O3. The van der Waals surface area contributed by atoms with Gasteiger partial charge in [0.05, 0.1) is 6.21 Å². The predicted molar refractivity (Wildman–Crippen MR) is 107 cm³/mol. The summed E-state index contributed by atoms with van der Waals surface area (Å²) >= 11 is 5.97. The van der Waals surface area contributed by atoms with Crippen LogP contribution < -0.4 is 15.5 Å². The molecule has 2 rings (SSSR count). The molecule has 0 saturated carbocycles. The van der Waals surface area contributed by atoms with Crippen molar-refractivity contribution in [1.82, 2.24) is 5.43 Å². The highest BCUT2D eigenvalue weighted by molar-refractivity contribution is 6.39. The van der Waals surface area contributed by atoms with Gasteiger partial charge in [0.1, 0.15) is 12.4 Å². The van der Waals surface area contributed by atoms with E-state index in [2.05, 4.69) is 22.4 Å². The maximum Gasteiger partial charge on any atom is 0.329 e. The van der Waals surface area contributed by atoms with Crippen molar-refractivity contribution in [3.63, 3.8) is 0 Å². The van der Waals surface area contributed by atoms with E-state index in [1.807, 2.05) is 19.1 Å². The summed E-state index contributed by atoms with van der Waals surface area (Å²) in [6.45, 7) is 5.93. The van der Waals surface area contributed by atoms with Gasteiger partial charge in [-0.2, -0.15) is 5.10 Å². The lowest BCUT2D eigenvalue weighted by atomic mass is 10.1. The van der Waals surface area contributed by atoms with Crippen LogP contribution in [0.1, 0.15) is 18.1 Å². The molecule has 0 unspecified atom stereocenters. The van der Waals surface area contributed by atoms with E-state index in [0.717, 1.165) is 12.0 Å². The molecule has 140 valence electrons. The number of anilines is 1. The van der Waals surface area contributed by atoms with E-state index < -0.39 is 11.8 Å². The van der Waals surface area contributed by atoms with E-state index in [1.54, 1.807) is 36.4 Å². The zero-order chi connectivity index (χ0) is 19.6. The smallest absolute Gasteiger partial charge is 0.329 e. The molecule has 2 aromatic carbocycles. The Bertz CT molecular complexity index is 848. The molecule has 2 amide bonds.